The summed E-state index contributed by atoms with van der Waals surface area (Å²) in [5.74, 6) is -4.00. The number of ketones is 1. The van der Waals surface area contributed by atoms with E-state index in [0.717, 1.165) is 0 Å². The van der Waals surface area contributed by atoms with Gasteiger partial charge in [0.15, 0.2) is 0 Å². The first kappa shape index (κ1) is 14.6. The number of carbonyl (C=O) groups excluding carboxylic acids is 1. The van der Waals surface area contributed by atoms with E-state index < -0.39 is 24.3 Å². The molecule has 0 saturated carbocycles. The molecule has 0 aliphatic rings. The average molecular weight is 206 g/mol. The molecule has 3 N–H and O–H groups in total. The van der Waals surface area contributed by atoms with Crippen LogP contribution in [0.15, 0.2) is 0 Å². The first-order chi connectivity index (χ1) is 6.25. The van der Waals surface area contributed by atoms with Gasteiger partial charge in [-0.15, -0.1) is 0 Å². The minimum Gasteiger partial charge on any atom is -0.481 e. The van der Waals surface area contributed by atoms with Crippen LogP contribution in [0.3, 0.4) is 0 Å². The first-order valence-electron chi connectivity index (χ1n) is 3.40. The summed E-state index contributed by atoms with van der Waals surface area (Å²) in [5, 5.41) is 23.3. The molecule has 0 bridgehead atoms. The second-order valence-corrected chi connectivity index (χ2v) is 2.24. The standard InChI is InChI=1S/C4H6O3.C3H4O4/c1-3(5)2-4(6)7;4-2(5)1-3(6)7/h2H2,1H3,(H,6,7);1H2,(H,4,5)(H,6,7). The molecule has 0 atom stereocenters. The number of rotatable bonds is 4. The Labute approximate surface area is 79.0 Å². The number of carboxylic acid groups (broad SMARTS) is 3. The zero-order chi connectivity index (χ0) is 11.7. The maximum absolute atomic E-state index is 9.87. The van der Waals surface area contributed by atoms with Crippen LogP contribution in [0.25, 0.3) is 0 Å². The molecular formula is C7H10O7. The van der Waals surface area contributed by atoms with Crippen LogP contribution in [0.4, 0.5) is 0 Å². The molecule has 0 fully saturated rings. The van der Waals surface area contributed by atoms with Gasteiger partial charge in [0.1, 0.15) is 18.6 Å². The lowest BCUT2D eigenvalue weighted by Crippen LogP contribution is -2.03. The fourth-order valence-corrected chi connectivity index (χ4v) is 0.342. The predicted octanol–water partition coefficient (Wildman–Crippen LogP) is -0.404. The van der Waals surface area contributed by atoms with Crippen molar-refractivity contribution in [1.82, 2.24) is 0 Å². The number of carbonyl (C=O) groups is 4. The van der Waals surface area contributed by atoms with Crippen LogP contribution < -0.4 is 0 Å². The highest BCUT2D eigenvalue weighted by atomic mass is 16.4. The van der Waals surface area contributed by atoms with Crippen LogP contribution in [-0.4, -0.2) is 39.0 Å². The quantitative estimate of drug-likeness (QED) is 0.533. The molecule has 0 heterocycles. The third-order valence-corrected chi connectivity index (χ3v) is 0.703. The van der Waals surface area contributed by atoms with Crippen molar-refractivity contribution in [2.75, 3.05) is 0 Å². The minimum absolute atomic E-state index is 0.312. The highest BCUT2D eigenvalue weighted by Crippen LogP contribution is 1.77. The van der Waals surface area contributed by atoms with E-state index in [1.54, 1.807) is 0 Å². The van der Waals surface area contributed by atoms with Crippen molar-refractivity contribution in [3.8, 4) is 0 Å². The zero-order valence-corrected chi connectivity index (χ0v) is 7.39. The first-order valence-corrected chi connectivity index (χ1v) is 3.40. The number of aliphatic carboxylic acids is 3. The van der Waals surface area contributed by atoms with Crippen molar-refractivity contribution in [2.45, 2.75) is 19.8 Å². The molecule has 0 unspecified atom stereocenters. The third-order valence-electron chi connectivity index (χ3n) is 0.703. The molecule has 0 aromatic carbocycles. The van der Waals surface area contributed by atoms with Gasteiger partial charge < -0.3 is 15.3 Å². The highest BCUT2D eigenvalue weighted by molar-refractivity contribution is 5.93. The molecular weight excluding hydrogens is 196 g/mol. The van der Waals surface area contributed by atoms with Gasteiger partial charge in [0.05, 0.1) is 0 Å². The Morgan fingerprint density at radius 3 is 1.07 bits per heavy atom. The number of carboxylic acids is 3. The molecule has 0 aromatic heterocycles. The number of Topliss-reactive ketones (excluding diaryl/α,β-unsaturated/α-hetero) is 1. The second-order valence-electron chi connectivity index (χ2n) is 2.24. The topological polar surface area (TPSA) is 129 Å². The van der Waals surface area contributed by atoms with E-state index in [2.05, 4.69) is 0 Å². The van der Waals surface area contributed by atoms with Crippen molar-refractivity contribution >= 4 is 23.7 Å². The minimum atomic E-state index is -1.31. The van der Waals surface area contributed by atoms with E-state index in [0.29, 0.717) is 0 Å². The Balaban J connectivity index is 0. The van der Waals surface area contributed by atoms with Crippen LogP contribution in [0.5, 0.6) is 0 Å². The van der Waals surface area contributed by atoms with Crippen molar-refractivity contribution in [3.05, 3.63) is 0 Å². The molecule has 14 heavy (non-hydrogen) atoms. The number of hydrogen-bond acceptors (Lipinski definition) is 4. The lowest BCUT2D eigenvalue weighted by Gasteiger charge is -1.80. The summed E-state index contributed by atoms with van der Waals surface area (Å²) in [4.78, 5) is 38.3. The van der Waals surface area contributed by atoms with E-state index in [4.69, 9.17) is 15.3 Å². The zero-order valence-electron chi connectivity index (χ0n) is 7.39. The molecule has 0 rings (SSSR count). The summed E-state index contributed by atoms with van der Waals surface area (Å²) in [6.45, 7) is 1.24. The van der Waals surface area contributed by atoms with Crippen molar-refractivity contribution in [3.63, 3.8) is 0 Å². The van der Waals surface area contributed by atoms with Gasteiger partial charge in [-0.2, -0.15) is 0 Å². The molecule has 7 nitrogen and oxygen atoms in total. The maximum Gasteiger partial charge on any atom is 0.314 e. The van der Waals surface area contributed by atoms with Crippen LogP contribution in [0.1, 0.15) is 19.8 Å². The molecule has 7 heteroatoms. The molecule has 0 amide bonds. The average Bonchev–Trinajstić information content (AvgIpc) is 1.79. The normalized spacial score (nSPS) is 8.07. The van der Waals surface area contributed by atoms with E-state index in [1.807, 2.05) is 0 Å². The van der Waals surface area contributed by atoms with Gasteiger partial charge in [0, 0.05) is 0 Å². The molecule has 80 valence electrons. The smallest absolute Gasteiger partial charge is 0.314 e. The lowest BCUT2D eigenvalue weighted by molar-refractivity contribution is -0.147. The third kappa shape index (κ3) is 22.5. The molecule has 0 spiro atoms. The molecule has 0 aliphatic carbocycles. The van der Waals surface area contributed by atoms with Crippen molar-refractivity contribution < 1.29 is 34.5 Å². The highest BCUT2D eigenvalue weighted by Gasteiger charge is 2.01. The Morgan fingerprint density at radius 2 is 1.07 bits per heavy atom. The summed E-state index contributed by atoms with van der Waals surface area (Å²) in [6, 6.07) is 0. The second kappa shape index (κ2) is 7.71. The van der Waals surface area contributed by atoms with E-state index in [9.17, 15) is 19.2 Å². The van der Waals surface area contributed by atoms with Crippen LogP contribution in [-0.2, 0) is 19.2 Å². The summed E-state index contributed by atoms with van der Waals surface area (Å²) in [5.41, 5.74) is 0. The number of hydrogen-bond donors (Lipinski definition) is 3. The Hall–Kier alpha value is -1.92. The SMILES string of the molecule is CC(=O)CC(=O)O.O=C(O)CC(=O)O. The Morgan fingerprint density at radius 1 is 0.786 bits per heavy atom. The van der Waals surface area contributed by atoms with Gasteiger partial charge in [-0.25, -0.2) is 0 Å². The van der Waals surface area contributed by atoms with Gasteiger partial charge in [0.2, 0.25) is 0 Å². The Bertz CT molecular complexity index is 192. The molecule has 0 aliphatic heterocycles. The van der Waals surface area contributed by atoms with Crippen molar-refractivity contribution in [2.24, 2.45) is 0 Å². The van der Waals surface area contributed by atoms with Gasteiger partial charge >= 0.3 is 17.9 Å². The van der Waals surface area contributed by atoms with E-state index in [-0.39, 0.29) is 12.2 Å². The summed E-state index contributed by atoms with van der Waals surface area (Å²) < 4.78 is 0. The van der Waals surface area contributed by atoms with Crippen molar-refractivity contribution in [1.29, 1.82) is 0 Å². The fourth-order valence-electron chi connectivity index (χ4n) is 0.342. The predicted molar refractivity (Wildman–Crippen MR) is 42.8 cm³/mol. The summed E-state index contributed by atoms with van der Waals surface area (Å²) in [6.07, 6.45) is -1.17. The van der Waals surface area contributed by atoms with Gasteiger partial charge in [-0.05, 0) is 6.92 Å². The van der Waals surface area contributed by atoms with Gasteiger partial charge in [-0.3, -0.25) is 19.2 Å². The van der Waals surface area contributed by atoms with Crippen LogP contribution >= 0.6 is 0 Å². The van der Waals surface area contributed by atoms with E-state index in [1.165, 1.54) is 6.92 Å². The van der Waals surface area contributed by atoms with E-state index >= 15 is 0 Å². The molecule has 0 aromatic rings. The van der Waals surface area contributed by atoms with Crippen LogP contribution in [0.2, 0.25) is 0 Å². The monoisotopic (exact) mass is 206 g/mol. The summed E-state index contributed by atoms with van der Waals surface area (Å²) >= 11 is 0. The fraction of sp³-hybridized carbons (Fsp3) is 0.429. The van der Waals surface area contributed by atoms with Gasteiger partial charge in [-0.1, -0.05) is 0 Å². The summed E-state index contributed by atoms with van der Waals surface area (Å²) in [7, 11) is 0. The molecule has 0 saturated heterocycles. The Kier molecular flexibility index (Phi) is 8.04. The largest absolute Gasteiger partial charge is 0.481 e. The molecule has 0 radical (unpaired) electrons. The van der Waals surface area contributed by atoms with Crippen LogP contribution in [0, 0.1) is 0 Å². The lowest BCUT2D eigenvalue weighted by atomic mass is 10.3. The van der Waals surface area contributed by atoms with Gasteiger partial charge in [0.25, 0.3) is 0 Å². The maximum atomic E-state index is 9.87.